The van der Waals surface area contributed by atoms with Crippen LogP contribution < -0.4 is 27.0 Å². The lowest BCUT2D eigenvalue weighted by Gasteiger charge is -2.25. The number of aliphatic carboxylic acids is 1. The zero-order valence-electron chi connectivity index (χ0n) is 20.8. The maximum Gasteiger partial charge on any atom is 0.326 e. The summed E-state index contributed by atoms with van der Waals surface area (Å²) in [5.74, 6) is -3.76. The molecule has 13 heteroatoms. The van der Waals surface area contributed by atoms with Crippen molar-refractivity contribution in [2.24, 2.45) is 5.73 Å². The topological polar surface area (TPSA) is 208 Å². The number of primary amides is 1. The van der Waals surface area contributed by atoms with E-state index >= 15 is 0 Å². The van der Waals surface area contributed by atoms with Crippen molar-refractivity contribution in [2.45, 2.75) is 62.7 Å². The summed E-state index contributed by atoms with van der Waals surface area (Å²) in [6, 6.07) is 4.72. The lowest BCUT2D eigenvalue weighted by Crippen LogP contribution is -2.57. The zero-order chi connectivity index (χ0) is 27.5. The van der Waals surface area contributed by atoms with Crippen LogP contribution in [0.4, 0.5) is 0 Å². The van der Waals surface area contributed by atoms with Gasteiger partial charge in [-0.05, 0) is 31.4 Å². The van der Waals surface area contributed by atoms with Crippen LogP contribution in [0.15, 0.2) is 42.9 Å². The molecule has 0 spiro atoms. The first-order chi connectivity index (χ1) is 18.2. The van der Waals surface area contributed by atoms with Crippen molar-refractivity contribution in [3.05, 3.63) is 54.1 Å². The monoisotopic (exact) mass is 527 g/mol. The fraction of sp³-hybridized carbons (Fsp3) is 0.440. The first kappa shape index (κ1) is 28.3. The number of aromatic nitrogens is 2. The number of rotatable bonds is 14. The van der Waals surface area contributed by atoms with Crippen LogP contribution in [0.3, 0.4) is 0 Å². The van der Waals surface area contributed by atoms with Crippen LogP contribution in [0, 0.1) is 0 Å². The normalized spacial score (nSPS) is 17.1. The number of nitrogens with zero attached hydrogens (tertiary/aromatic N) is 1. The molecule has 4 unspecified atom stereocenters. The van der Waals surface area contributed by atoms with Gasteiger partial charge in [0.1, 0.15) is 18.1 Å². The lowest BCUT2D eigenvalue weighted by molar-refractivity contribution is -0.142. The Morgan fingerprint density at radius 2 is 1.71 bits per heavy atom. The molecule has 1 aromatic heterocycles. The highest BCUT2D eigenvalue weighted by molar-refractivity contribution is 5.94. The lowest BCUT2D eigenvalue weighted by atomic mass is 10.0. The van der Waals surface area contributed by atoms with Gasteiger partial charge in [-0.2, -0.15) is 0 Å². The van der Waals surface area contributed by atoms with Crippen molar-refractivity contribution in [2.75, 3.05) is 6.54 Å². The first-order valence-corrected chi connectivity index (χ1v) is 12.4. The highest BCUT2D eigenvalue weighted by atomic mass is 16.4. The molecule has 2 heterocycles. The van der Waals surface area contributed by atoms with E-state index in [2.05, 4.69) is 31.2 Å². The maximum atomic E-state index is 13.3. The summed E-state index contributed by atoms with van der Waals surface area (Å²) in [6.07, 6.45) is 4.12. The van der Waals surface area contributed by atoms with Crippen molar-refractivity contribution in [3.8, 4) is 0 Å². The van der Waals surface area contributed by atoms with E-state index in [4.69, 9.17) is 5.73 Å². The average Bonchev–Trinajstić information content (AvgIpc) is 3.60. The molecule has 0 radical (unpaired) electrons. The number of hydrogen-bond donors (Lipinski definition) is 7. The van der Waals surface area contributed by atoms with E-state index in [1.165, 1.54) is 12.5 Å². The van der Waals surface area contributed by atoms with Gasteiger partial charge < -0.3 is 37.1 Å². The van der Waals surface area contributed by atoms with Crippen LogP contribution in [0.1, 0.15) is 36.9 Å². The molecule has 4 atom stereocenters. The maximum absolute atomic E-state index is 13.3. The van der Waals surface area contributed by atoms with Gasteiger partial charge in [-0.3, -0.25) is 19.2 Å². The van der Waals surface area contributed by atoms with Gasteiger partial charge in [0, 0.05) is 31.2 Å². The summed E-state index contributed by atoms with van der Waals surface area (Å²) in [5, 5.41) is 20.5. The molecular formula is C25H33N7O6. The van der Waals surface area contributed by atoms with Gasteiger partial charge >= 0.3 is 5.97 Å². The smallest absolute Gasteiger partial charge is 0.326 e. The Bertz CT molecular complexity index is 1100. The Balaban J connectivity index is 1.73. The molecule has 0 bridgehead atoms. The van der Waals surface area contributed by atoms with Gasteiger partial charge in [-0.1, -0.05) is 30.3 Å². The number of carbonyl (C=O) groups excluding carboxylic acids is 4. The summed E-state index contributed by atoms with van der Waals surface area (Å²) in [4.78, 5) is 69.2. The van der Waals surface area contributed by atoms with Gasteiger partial charge in [0.2, 0.25) is 23.6 Å². The number of carboxylic acids is 1. The van der Waals surface area contributed by atoms with Crippen LogP contribution in [-0.4, -0.2) is 75.4 Å². The fourth-order valence-electron chi connectivity index (χ4n) is 4.16. The molecule has 8 N–H and O–H groups in total. The Hall–Kier alpha value is -4.26. The van der Waals surface area contributed by atoms with E-state index < -0.39 is 47.9 Å². The van der Waals surface area contributed by atoms with E-state index in [1.54, 1.807) is 30.3 Å². The van der Waals surface area contributed by atoms with Crippen LogP contribution >= 0.6 is 0 Å². The molecule has 0 saturated carbocycles. The van der Waals surface area contributed by atoms with E-state index in [9.17, 15) is 29.1 Å². The molecule has 3 rings (SSSR count). The third kappa shape index (κ3) is 8.69. The van der Waals surface area contributed by atoms with Crippen LogP contribution in [0.5, 0.6) is 0 Å². The molecular weight excluding hydrogens is 494 g/mol. The number of benzene rings is 1. The van der Waals surface area contributed by atoms with Crippen molar-refractivity contribution in [1.29, 1.82) is 0 Å². The molecule has 1 aromatic carbocycles. The number of nitrogens with one attached hydrogen (secondary N) is 5. The van der Waals surface area contributed by atoms with Crippen molar-refractivity contribution in [3.63, 3.8) is 0 Å². The highest BCUT2D eigenvalue weighted by Gasteiger charge is 2.32. The number of carboxylic acid groups (broad SMARTS) is 1. The molecule has 1 saturated heterocycles. The van der Waals surface area contributed by atoms with Crippen LogP contribution in [-0.2, 0) is 36.8 Å². The van der Waals surface area contributed by atoms with Gasteiger partial charge in [0.15, 0.2) is 0 Å². The summed E-state index contributed by atoms with van der Waals surface area (Å²) >= 11 is 0. The number of carbonyl (C=O) groups is 5. The third-order valence-corrected chi connectivity index (χ3v) is 6.20. The van der Waals surface area contributed by atoms with Gasteiger partial charge in [0.25, 0.3) is 0 Å². The largest absolute Gasteiger partial charge is 0.480 e. The predicted octanol–water partition coefficient (Wildman–Crippen LogP) is -1.25. The number of amides is 4. The van der Waals surface area contributed by atoms with Crippen molar-refractivity contribution < 1.29 is 29.1 Å². The number of H-pyrrole nitrogens is 1. The Morgan fingerprint density at radius 3 is 2.32 bits per heavy atom. The molecule has 13 nitrogen and oxygen atoms in total. The molecule has 1 aliphatic heterocycles. The second-order valence-corrected chi connectivity index (χ2v) is 9.15. The van der Waals surface area contributed by atoms with Gasteiger partial charge in [-0.15, -0.1) is 0 Å². The molecule has 4 amide bonds. The molecule has 204 valence electrons. The number of hydrogen-bond acceptors (Lipinski definition) is 7. The molecule has 2 aromatic rings. The minimum absolute atomic E-state index is 0.0191. The van der Waals surface area contributed by atoms with E-state index in [0.29, 0.717) is 24.2 Å². The second-order valence-electron chi connectivity index (χ2n) is 9.15. The second kappa shape index (κ2) is 13.9. The minimum Gasteiger partial charge on any atom is -0.480 e. The fourth-order valence-corrected chi connectivity index (χ4v) is 4.16. The third-order valence-electron chi connectivity index (χ3n) is 6.20. The summed E-state index contributed by atoms with van der Waals surface area (Å²) in [5.41, 5.74) is 6.53. The zero-order valence-corrected chi connectivity index (χ0v) is 20.8. The average molecular weight is 528 g/mol. The first-order valence-electron chi connectivity index (χ1n) is 12.4. The number of aromatic amines is 1. The van der Waals surface area contributed by atoms with Crippen molar-refractivity contribution >= 4 is 29.6 Å². The minimum atomic E-state index is -1.27. The number of imidazole rings is 1. The summed E-state index contributed by atoms with van der Waals surface area (Å²) in [6.45, 7) is 0.693. The SMILES string of the molecule is NC(=O)CCC(NC(=O)C(Cc1cnc[nH]1)NC(=O)C1CCCN1)C(=O)NC(Cc1ccccc1)C(=O)O. The van der Waals surface area contributed by atoms with E-state index in [-0.39, 0.29) is 31.6 Å². The van der Waals surface area contributed by atoms with Crippen molar-refractivity contribution in [1.82, 2.24) is 31.2 Å². The summed E-state index contributed by atoms with van der Waals surface area (Å²) < 4.78 is 0. The highest BCUT2D eigenvalue weighted by Crippen LogP contribution is 2.09. The molecule has 38 heavy (non-hydrogen) atoms. The number of nitrogens with two attached hydrogens (primary N) is 1. The Kier molecular flexibility index (Phi) is 10.3. The molecule has 1 fully saturated rings. The molecule has 1 aliphatic rings. The van der Waals surface area contributed by atoms with Gasteiger partial charge in [-0.25, -0.2) is 9.78 Å². The molecule has 0 aliphatic carbocycles. The summed E-state index contributed by atoms with van der Waals surface area (Å²) in [7, 11) is 0. The predicted molar refractivity (Wildman–Crippen MR) is 135 cm³/mol. The standard InChI is InChI=1S/C25H33N7O6/c26-21(33)9-8-18(23(35)32-20(25(37)38)11-15-5-2-1-3-6-15)30-24(36)19(12-16-13-27-14-29-16)31-22(34)17-7-4-10-28-17/h1-3,5-6,13-14,17-20,28H,4,7-12H2,(H2,26,33)(H,27,29)(H,30,36)(H,31,34)(H,32,35)(H,37,38). The Morgan fingerprint density at radius 1 is 1.00 bits per heavy atom. The van der Waals surface area contributed by atoms with Crippen LogP contribution in [0.2, 0.25) is 0 Å². The van der Waals surface area contributed by atoms with Gasteiger partial charge in [0.05, 0.1) is 12.4 Å². The van der Waals surface area contributed by atoms with Crippen LogP contribution in [0.25, 0.3) is 0 Å². The van der Waals surface area contributed by atoms with E-state index in [0.717, 1.165) is 6.42 Å². The quantitative estimate of drug-likeness (QED) is 0.157. The Labute approximate surface area is 219 Å². The van der Waals surface area contributed by atoms with E-state index in [1.807, 2.05) is 0 Å².